The van der Waals surface area contributed by atoms with Crippen molar-refractivity contribution in [3.63, 3.8) is 0 Å². The fourth-order valence-corrected chi connectivity index (χ4v) is 4.16. The first-order valence-electron chi connectivity index (χ1n) is 9.55. The Bertz CT molecular complexity index is 956. The smallest absolute Gasteiger partial charge is 0.325 e. The Morgan fingerprint density at radius 1 is 1.14 bits per heavy atom. The van der Waals surface area contributed by atoms with Gasteiger partial charge in [-0.05, 0) is 48.4 Å². The molecule has 1 aliphatic heterocycles. The number of fused-ring (bicyclic) bond motifs is 2. The summed E-state index contributed by atoms with van der Waals surface area (Å²) in [5, 5.41) is 5.65. The fourth-order valence-electron chi connectivity index (χ4n) is 4.16. The van der Waals surface area contributed by atoms with E-state index in [1.54, 1.807) is 0 Å². The van der Waals surface area contributed by atoms with Gasteiger partial charge in [-0.1, -0.05) is 48.5 Å². The number of nitrogens with zero attached hydrogens (tertiary/aromatic N) is 1. The second-order valence-corrected chi connectivity index (χ2v) is 7.41. The van der Waals surface area contributed by atoms with Gasteiger partial charge in [-0.25, -0.2) is 4.79 Å². The Labute approximate surface area is 163 Å². The number of aryl methyl sites for hydroxylation is 2. The maximum absolute atomic E-state index is 13.0. The lowest BCUT2D eigenvalue weighted by Crippen LogP contribution is -2.44. The average molecular weight is 377 g/mol. The van der Waals surface area contributed by atoms with Crippen molar-refractivity contribution in [3.05, 3.63) is 70.8 Å². The normalized spacial score (nSPS) is 20.4. The number of nitrogens with one attached hydrogen (secondary N) is 2. The van der Waals surface area contributed by atoms with E-state index >= 15 is 0 Å². The van der Waals surface area contributed by atoms with E-state index < -0.39 is 11.6 Å². The Morgan fingerprint density at radius 3 is 2.71 bits per heavy atom. The van der Waals surface area contributed by atoms with Crippen molar-refractivity contribution in [2.45, 2.75) is 31.7 Å². The summed E-state index contributed by atoms with van der Waals surface area (Å²) in [7, 11) is 0. The van der Waals surface area contributed by atoms with Crippen LogP contribution in [0.25, 0.3) is 0 Å². The van der Waals surface area contributed by atoms with Gasteiger partial charge in [0.25, 0.3) is 5.91 Å². The number of hydrogen-bond donors (Lipinski definition) is 2. The van der Waals surface area contributed by atoms with E-state index in [0.29, 0.717) is 19.4 Å². The summed E-state index contributed by atoms with van der Waals surface area (Å²) < 4.78 is 0. The molecule has 4 amide bonds. The standard InChI is InChI=1S/C22H23N3O3/c1-15-6-2-3-7-16(15)11-13-23-19(26)14-25-20(27)22(24-21(25)28)12-10-17-8-4-5-9-18(17)22/h2-9H,10-14H2,1H3,(H,23,26)(H,24,28). The van der Waals surface area contributed by atoms with E-state index in [0.717, 1.165) is 22.4 Å². The molecule has 2 aliphatic rings. The van der Waals surface area contributed by atoms with Crippen molar-refractivity contribution in [1.29, 1.82) is 0 Å². The highest BCUT2D eigenvalue weighted by Gasteiger charge is 2.55. The molecular weight excluding hydrogens is 354 g/mol. The highest BCUT2D eigenvalue weighted by atomic mass is 16.2. The van der Waals surface area contributed by atoms with Crippen LogP contribution in [-0.2, 0) is 28.0 Å². The summed E-state index contributed by atoms with van der Waals surface area (Å²) in [6, 6.07) is 15.2. The van der Waals surface area contributed by atoms with Crippen LogP contribution < -0.4 is 10.6 Å². The zero-order valence-corrected chi connectivity index (χ0v) is 15.8. The van der Waals surface area contributed by atoms with E-state index in [2.05, 4.69) is 10.6 Å². The van der Waals surface area contributed by atoms with Gasteiger partial charge in [-0.15, -0.1) is 0 Å². The lowest BCUT2D eigenvalue weighted by Gasteiger charge is -2.22. The molecule has 1 heterocycles. The van der Waals surface area contributed by atoms with Crippen LogP contribution in [0.15, 0.2) is 48.5 Å². The van der Waals surface area contributed by atoms with Crippen molar-refractivity contribution < 1.29 is 14.4 Å². The molecule has 6 nitrogen and oxygen atoms in total. The summed E-state index contributed by atoms with van der Waals surface area (Å²) in [5.74, 6) is -0.670. The molecule has 0 aromatic heterocycles. The van der Waals surface area contributed by atoms with Gasteiger partial charge in [0.1, 0.15) is 12.1 Å². The predicted octanol–water partition coefficient (Wildman–Crippen LogP) is 2.05. The van der Waals surface area contributed by atoms with Crippen LogP contribution in [0.5, 0.6) is 0 Å². The molecule has 0 saturated carbocycles. The van der Waals surface area contributed by atoms with Gasteiger partial charge in [0.15, 0.2) is 0 Å². The summed E-state index contributed by atoms with van der Waals surface area (Å²) in [6.07, 6.45) is 1.97. The van der Waals surface area contributed by atoms with Gasteiger partial charge in [-0.3, -0.25) is 14.5 Å². The Morgan fingerprint density at radius 2 is 1.89 bits per heavy atom. The molecule has 1 spiro atoms. The highest BCUT2D eigenvalue weighted by Crippen LogP contribution is 2.41. The number of benzene rings is 2. The predicted molar refractivity (Wildman–Crippen MR) is 105 cm³/mol. The molecule has 1 unspecified atom stereocenters. The number of carbonyl (C=O) groups excluding carboxylic acids is 3. The lowest BCUT2D eigenvalue weighted by atomic mass is 9.92. The summed E-state index contributed by atoms with van der Waals surface area (Å²) >= 11 is 0. The fraction of sp³-hybridized carbons (Fsp3) is 0.318. The second kappa shape index (κ2) is 7.11. The molecule has 0 bridgehead atoms. The van der Waals surface area contributed by atoms with Crippen molar-refractivity contribution in [1.82, 2.24) is 15.5 Å². The summed E-state index contributed by atoms with van der Waals surface area (Å²) in [6.45, 7) is 2.23. The maximum atomic E-state index is 13.0. The van der Waals surface area contributed by atoms with Crippen LogP contribution in [0.4, 0.5) is 4.79 Å². The monoisotopic (exact) mass is 377 g/mol. The first-order valence-corrected chi connectivity index (χ1v) is 9.55. The Hall–Kier alpha value is -3.15. The Balaban J connectivity index is 1.39. The van der Waals surface area contributed by atoms with Gasteiger partial charge >= 0.3 is 6.03 Å². The van der Waals surface area contributed by atoms with Gasteiger partial charge in [-0.2, -0.15) is 0 Å². The molecule has 1 aliphatic carbocycles. The number of imide groups is 1. The van der Waals surface area contributed by atoms with Crippen LogP contribution in [-0.4, -0.2) is 35.8 Å². The van der Waals surface area contributed by atoms with Crippen LogP contribution >= 0.6 is 0 Å². The van der Waals surface area contributed by atoms with E-state index in [1.165, 1.54) is 11.1 Å². The SMILES string of the molecule is Cc1ccccc1CCNC(=O)CN1C(=O)NC2(CCc3ccccc32)C1=O. The van der Waals surface area contributed by atoms with E-state index in [9.17, 15) is 14.4 Å². The molecule has 1 fully saturated rings. The van der Waals surface area contributed by atoms with Crippen LogP contribution in [0, 0.1) is 6.92 Å². The minimum atomic E-state index is -1.02. The van der Waals surface area contributed by atoms with E-state index in [1.807, 2.05) is 55.5 Å². The second-order valence-electron chi connectivity index (χ2n) is 7.41. The molecule has 2 aromatic carbocycles. The largest absolute Gasteiger partial charge is 0.354 e. The number of amides is 4. The quantitative estimate of drug-likeness (QED) is 0.783. The number of urea groups is 1. The first-order chi connectivity index (χ1) is 13.5. The molecule has 2 N–H and O–H groups in total. The number of rotatable bonds is 5. The summed E-state index contributed by atoms with van der Waals surface area (Å²) in [4.78, 5) is 38.8. The molecule has 144 valence electrons. The minimum Gasteiger partial charge on any atom is -0.354 e. The van der Waals surface area contributed by atoms with Gasteiger partial charge in [0, 0.05) is 6.54 Å². The number of hydrogen-bond acceptors (Lipinski definition) is 3. The maximum Gasteiger partial charge on any atom is 0.325 e. The zero-order chi connectivity index (χ0) is 19.7. The molecule has 2 aromatic rings. The van der Waals surface area contributed by atoms with E-state index in [4.69, 9.17) is 0 Å². The Kier molecular flexibility index (Phi) is 4.63. The van der Waals surface area contributed by atoms with Crippen LogP contribution in [0.2, 0.25) is 0 Å². The van der Waals surface area contributed by atoms with Crippen molar-refractivity contribution in [2.24, 2.45) is 0 Å². The van der Waals surface area contributed by atoms with Gasteiger partial charge in [0.2, 0.25) is 5.91 Å². The van der Waals surface area contributed by atoms with Crippen LogP contribution in [0.1, 0.15) is 28.7 Å². The molecular formula is C22H23N3O3. The van der Waals surface area contributed by atoms with Crippen molar-refractivity contribution in [3.8, 4) is 0 Å². The minimum absolute atomic E-state index is 0.262. The molecule has 4 rings (SSSR count). The average Bonchev–Trinajstić information content (AvgIpc) is 3.17. The third-order valence-corrected chi connectivity index (χ3v) is 5.70. The molecule has 6 heteroatoms. The van der Waals surface area contributed by atoms with E-state index in [-0.39, 0.29) is 18.4 Å². The lowest BCUT2D eigenvalue weighted by molar-refractivity contribution is -0.135. The van der Waals surface area contributed by atoms with Crippen molar-refractivity contribution >= 4 is 17.8 Å². The first kappa shape index (κ1) is 18.2. The molecule has 1 saturated heterocycles. The summed E-state index contributed by atoms with van der Waals surface area (Å²) in [5.41, 5.74) is 3.23. The van der Waals surface area contributed by atoms with Crippen LogP contribution in [0.3, 0.4) is 0 Å². The van der Waals surface area contributed by atoms with Gasteiger partial charge < -0.3 is 10.6 Å². The third kappa shape index (κ3) is 3.05. The highest BCUT2D eigenvalue weighted by molar-refractivity contribution is 6.09. The topological polar surface area (TPSA) is 78.5 Å². The zero-order valence-electron chi connectivity index (χ0n) is 15.8. The number of carbonyl (C=O) groups is 3. The molecule has 28 heavy (non-hydrogen) atoms. The molecule has 0 radical (unpaired) electrons. The third-order valence-electron chi connectivity index (χ3n) is 5.70. The molecule has 1 atom stereocenters. The van der Waals surface area contributed by atoms with Gasteiger partial charge in [0.05, 0.1) is 0 Å². The van der Waals surface area contributed by atoms with Crippen molar-refractivity contribution in [2.75, 3.05) is 13.1 Å².